The van der Waals surface area contributed by atoms with Crippen molar-refractivity contribution in [1.82, 2.24) is 9.55 Å². The largest absolute Gasteiger partial charge is 0.327 e. The van der Waals surface area contributed by atoms with Crippen molar-refractivity contribution in [3.05, 3.63) is 38.6 Å². The second-order valence-electron chi connectivity index (χ2n) is 3.79. The van der Waals surface area contributed by atoms with Crippen molar-refractivity contribution in [3.8, 4) is 0 Å². The number of benzene rings is 1. The Hall–Kier alpha value is -1.49. The molecule has 2 rings (SSSR count). The topological polar surface area (TPSA) is 37.8 Å². The highest BCUT2D eigenvalue weighted by molar-refractivity contribution is 7.71. The average molecular weight is 252 g/mol. The van der Waals surface area contributed by atoms with Gasteiger partial charge in [0.1, 0.15) is 4.64 Å². The predicted octanol–water partition coefficient (Wildman–Crippen LogP) is 2.78. The zero-order valence-corrected chi connectivity index (χ0v) is 10.5. The lowest BCUT2D eigenvalue weighted by Crippen LogP contribution is -2.23. The Bertz CT molecular complexity index is 687. The molecule has 5 heteroatoms. The summed E-state index contributed by atoms with van der Waals surface area (Å²) in [6, 6.07) is 3.48. The van der Waals surface area contributed by atoms with Gasteiger partial charge in [-0.15, -0.1) is 0 Å². The Balaban J connectivity index is 2.97. The lowest BCUT2D eigenvalue weighted by atomic mass is 10.1. The molecule has 17 heavy (non-hydrogen) atoms. The number of rotatable bonds is 2. The molecule has 0 amide bonds. The monoisotopic (exact) mass is 252 g/mol. The number of aryl methyl sites for hydroxylation is 1. The van der Waals surface area contributed by atoms with E-state index in [0.717, 1.165) is 0 Å². The third kappa shape index (κ3) is 1.80. The van der Waals surface area contributed by atoms with Crippen LogP contribution in [0.25, 0.3) is 10.9 Å². The quantitative estimate of drug-likeness (QED) is 0.835. The SMILES string of the molecule is CCc1ccc2c(=S)n(CC)c(=O)[nH]c2c1F. The number of hydrogen-bond acceptors (Lipinski definition) is 2. The van der Waals surface area contributed by atoms with Crippen LogP contribution in [0.1, 0.15) is 19.4 Å². The normalized spacial score (nSPS) is 11.0. The summed E-state index contributed by atoms with van der Waals surface area (Å²) < 4.78 is 15.8. The summed E-state index contributed by atoms with van der Waals surface area (Å²) in [7, 11) is 0. The average Bonchev–Trinajstić information content (AvgIpc) is 2.31. The molecule has 0 spiro atoms. The highest BCUT2D eigenvalue weighted by Gasteiger charge is 2.10. The fraction of sp³-hybridized carbons (Fsp3) is 0.333. The Morgan fingerprint density at radius 3 is 2.71 bits per heavy atom. The minimum Gasteiger partial charge on any atom is -0.304 e. The van der Waals surface area contributed by atoms with Gasteiger partial charge in [0.05, 0.1) is 5.52 Å². The van der Waals surface area contributed by atoms with Gasteiger partial charge in [0.15, 0.2) is 5.82 Å². The molecule has 3 nitrogen and oxygen atoms in total. The Kier molecular flexibility index (Phi) is 3.11. The summed E-state index contributed by atoms with van der Waals surface area (Å²) in [5, 5.41) is 0.580. The fourth-order valence-electron chi connectivity index (χ4n) is 1.89. The third-order valence-corrected chi connectivity index (χ3v) is 3.31. The van der Waals surface area contributed by atoms with Gasteiger partial charge >= 0.3 is 5.69 Å². The number of hydrogen-bond donors (Lipinski definition) is 1. The summed E-state index contributed by atoms with van der Waals surface area (Å²) in [5.74, 6) is -0.378. The van der Waals surface area contributed by atoms with Gasteiger partial charge in [0, 0.05) is 11.9 Å². The van der Waals surface area contributed by atoms with Crippen molar-refractivity contribution in [2.45, 2.75) is 26.8 Å². The molecule has 0 bridgehead atoms. The number of fused-ring (bicyclic) bond motifs is 1. The Morgan fingerprint density at radius 2 is 2.12 bits per heavy atom. The van der Waals surface area contributed by atoms with Crippen molar-refractivity contribution in [2.24, 2.45) is 0 Å². The smallest absolute Gasteiger partial charge is 0.304 e. The lowest BCUT2D eigenvalue weighted by molar-refractivity contribution is 0.617. The molecule has 0 fully saturated rings. The molecular formula is C12H13FN2OS. The summed E-state index contributed by atoms with van der Waals surface area (Å²) in [6.45, 7) is 4.17. The van der Waals surface area contributed by atoms with Crippen molar-refractivity contribution >= 4 is 23.1 Å². The second kappa shape index (κ2) is 4.41. The molecule has 0 aliphatic carbocycles. The van der Waals surface area contributed by atoms with E-state index in [9.17, 15) is 9.18 Å². The van der Waals surface area contributed by atoms with E-state index in [1.54, 1.807) is 12.1 Å². The van der Waals surface area contributed by atoms with E-state index in [1.165, 1.54) is 4.57 Å². The lowest BCUT2D eigenvalue weighted by Gasteiger charge is -2.08. The molecule has 1 aromatic carbocycles. The molecule has 0 aliphatic heterocycles. The summed E-state index contributed by atoms with van der Waals surface area (Å²) in [6.07, 6.45) is 0.583. The molecule has 1 N–H and O–H groups in total. The van der Waals surface area contributed by atoms with E-state index >= 15 is 0 Å². The van der Waals surface area contributed by atoms with Gasteiger partial charge in [0.2, 0.25) is 0 Å². The maximum Gasteiger partial charge on any atom is 0.327 e. The number of nitrogens with zero attached hydrogens (tertiary/aromatic N) is 1. The maximum absolute atomic E-state index is 14.0. The predicted molar refractivity (Wildman–Crippen MR) is 68.4 cm³/mol. The van der Waals surface area contributed by atoms with Gasteiger partial charge in [-0.1, -0.05) is 25.2 Å². The first kappa shape index (κ1) is 12.0. The van der Waals surface area contributed by atoms with Gasteiger partial charge in [-0.2, -0.15) is 0 Å². The molecule has 0 saturated heterocycles. The first-order valence-corrected chi connectivity index (χ1v) is 5.95. The molecule has 1 aromatic heterocycles. The van der Waals surface area contributed by atoms with Crippen LogP contribution < -0.4 is 5.69 Å². The minimum absolute atomic E-state index is 0.212. The van der Waals surface area contributed by atoms with Gasteiger partial charge in [-0.25, -0.2) is 9.18 Å². The number of nitrogens with one attached hydrogen (secondary N) is 1. The van der Waals surface area contributed by atoms with Gasteiger partial charge in [-0.3, -0.25) is 4.57 Å². The van der Waals surface area contributed by atoms with Crippen LogP contribution >= 0.6 is 12.2 Å². The van der Waals surface area contributed by atoms with Crippen LogP contribution in [0, 0.1) is 10.5 Å². The van der Waals surface area contributed by atoms with E-state index in [4.69, 9.17) is 12.2 Å². The molecule has 2 aromatic rings. The maximum atomic E-state index is 14.0. The van der Waals surface area contributed by atoms with Gasteiger partial charge in [-0.05, 0) is 25.0 Å². The van der Waals surface area contributed by atoms with E-state index in [-0.39, 0.29) is 17.0 Å². The Morgan fingerprint density at radius 1 is 1.41 bits per heavy atom. The van der Waals surface area contributed by atoms with Crippen molar-refractivity contribution in [3.63, 3.8) is 0 Å². The van der Waals surface area contributed by atoms with E-state index in [0.29, 0.717) is 28.6 Å². The molecule has 90 valence electrons. The molecule has 0 saturated carbocycles. The first-order valence-electron chi connectivity index (χ1n) is 5.54. The van der Waals surface area contributed by atoms with E-state index in [1.807, 2.05) is 13.8 Å². The van der Waals surface area contributed by atoms with Crippen LogP contribution in [-0.2, 0) is 13.0 Å². The van der Waals surface area contributed by atoms with Crippen molar-refractivity contribution in [2.75, 3.05) is 0 Å². The second-order valence-corrected chi connectivity index (χ2v) is 4.18. The Labute approximate surface area is 103 Å². The zero-order chi connectivity index (χ0) is 12.6. The van der Waals surface area contributed by atoms with Crippen LogP contribution in [0.4, 0.5) is 4.39 Å². The highest BCUT2D eigenvalue weighted by Crippen LogP contribution is 2.19. The minimum atomic E-state index is -0.378. The van der Waals surface area contributed by atoms with Crippen LogP contribution in [0.2, 0.25) is 0 Å². The summed E-state index contributed by atoms with van der Waals surface area (Å²) in [5.41, 5.74) is 0.429. The third-order valence-electron chi connectivity index (χ3n) is 2.87. The van der Waals surface area contributed by atoms with Gasteiger partial charge < -0.3 is 4.98 Å². The fourth-order valence-corrected chi connectivity index (χ4v) is 2.27. The number of aromatic amines is 1. The molecule has 0 atom stereocenters. The molecule has 0 radical (unpaired) electrons. The van der Waals surface area contributed by atoms with Crippen LogP contribution in [-0.4, -0.2) is 9.55 Å². The number of H-pyrrole nitrogens is 1. The van der Waals surface area contributed by atoms with Crippen LogP contribution in [0.15, 0.2) is 16.9 Å². The van der Waals surface area contributed by atoms with Gasteiger partial charge in [0.25, 0.3) is 0 Å². The van der Waals surface area contributed by atoms with Crippen molar-refractivity contribution < 1.29 is 4.39 Å². The summed E-state index contributed by atoms with van der Waals surface area (Å²) >= 11 is 5.20. The number of halogens is 1. The standard InChI is InChI=1S/C12H13FN2OS/c1-3-7-5-6-8-10(9(7)13)14-12(16)15(4-2)11(8)17/h5-6H,3-4H2,1-2H3,(H,14,16). The zero-order valence-electron chi connectivity index (χ0n) is 9.71. The van der Waals surface area contributed by atoms with Crippen molar-refractivity contribution in [1.29, 1.82) is 0 Å². The van der Waals surface area contributed by atoms with Crippen LogP contribution in [0.3, 0.4) is 0 Å². The van der Waals surface area contributed by atoms with E-state index < -0.39 is 0 Å². The first-order chi connectivity index (χ1) is 8.10. The number of aromatic nitrogens is 2. The molecule has 0 unspecified atom stereocenters. The molecule has 1 heterocycles. The van der Waals surface area contributed by atoms with Crippen LogP contribution in [0.5, 0.6) is 0 Å². The molecular weight excluding hydrogens is 239 g/mol. The molecule has 0 aliphatic rings. The van der Waals surface area contributed by atoms with E-state index in [2.05, 4.69) is 4.98 Å². The summed E-state index contributed by atoms with van der Waals surface area (Å²) in [4.78, 5) is 14.3. The highest BCUT2D eigenvalue weighted by atomic mass is 32.1.